The number of ether oxygens (including phenoxy) is 1. The van der Waals surface area contributed by atoms with Gasteiger partial charge in [-0.25, -0.2) is 4.37 Å². The first-order valence-corrected chi connectivity index (χ1v) is 12.5. The third-order valence-electron chi connectivity index (χ3n) is 6.19. The molecule has 2 atom stereocenters. The Morgan fingerprint density at radius 3 is 2.64 bits per heavy atom. The molecular weight excluding hydrogens is 460 g/mol. The molecule has 0 spiro atoms. The molecule has 3 fully saturated rings. The van der Waals surface area contributed by atoms with E-state index in [0.29, 0.717) is 23.1 Å². The number of aryl methyl sites for hydroxylation is 1. The normalized spacial score (nSPS) is 19.7. The summed E-state index contributed by atoms with van der Waals surface area (Å²) in [6.07, 6.45) is 3.50. The predicted octanol–water partition coefficient (Wildman–Crippen LogP) is 2.65. The molecule has 0 aliphatic carbocycles. The number of nitrogens with zero attached hydrogens (tertiary/aromatic N) is 6. The monoisotopic (exact) mass is 484 g/mol. The van der Waals surface area contributed by atoms with Gasteiger partial charge < -0.3 is 14.5 Å². The van der Waals surface area contributed by atoms with Crippen LogP contribution in [0.1, 0.15) is 28.3 Å². The van der Waals surface area contributed by atoms with Crippen LogP contribution in [0.4, 0.5) is 0 Å². The third-order valence-corrected chi connectivity index (χ3v) is 7.84. The summed E-state index contributed by atoms with van der Waals surface area (Å²) in [7, 11) is 1.63. The molecule has 3 aliphatic heterocycles. The van der Waals surface area contributed by atoms with E-state index >= 15 is 0 Å². The molecule has 11 heteroatoms. The molecule has 172 valence electrons. The highest BCUT2D eigenvalue weighted by Gasteiger charge is 2.43. The van der Waals surface area contributed by atoms with Crippen molar-refractivity contribution in [2.45, 2.75) is 37.0 Å². The average molecular weight is 485 g/mol. The summed E-state index contributed by atoms with van der Waals surface area (Å²) in [4.78, 5) is 30.5. The van der Waals surface area contributed by atoms with E-state index in [2.05, 4.69) is 14.6 Å². The minimum atomic E-state index is 0.0236. The Morgan fingerprint density at radius 1 is 1.15 bits per heavy atom. The molecule has 2 amide bonds. The summed E-state index contributed by atoms with van der Waals surface area (Å²) in [6, 6.07) is 9.54. The summed E-state index contributed by atoms with van der Waals surface area (Å²) in [6.45, 7) is 3.05. The van der Waals surface area contributed by atoms with Crippen LogP contribution in [0.5, 0.6) is 5.75 Å². The second-order valence-corrected chi connectivity index (χ2v) is 9.90. The zero-order valence-electron chi connectivity index (χ0n) is 18.4. The van der Waals surface area contributed by atoms with Gasteiger partial charge in [0.15, 0.2) is 5.16 Å². The number of piperazine rings is 1. The van der Waals surface area contributed by atoms with E-state index in [1.807, 2.05) is 45.6 Å². The summed E-state index contributed by atoms with van der Waals surface area (Å²) in [5.41, 5.74) is 0.890. The number of carbonyl (C=O) groups excluding carboxylic acids is 2. The third kappa shape index (κ3) is 4.22. The first kappa shape index (κ1) is 21.9. The molecule has 0 radical (unpaired) electrons. The highest BCUT2D eigenvalue weighted by atomic mass is 32.2. The number of thioether (sulfide) groups is 1. The number of methoxy groups -OCH3 is 1. The van der Waals surface area contributed by atoms with Crippen molar-refractivity contribution in [1.82, 2.24) is 28.9 Å². The van der Waals surface area contributed by atoms with Gasteiger partial charge in [-0.05, 0) is 49.5 Å². The van der Waals surface area contributed by atoms with Gasteiger partial charge >= 0.3 is 0 Å². The lowest BCUT2D eigenvalue weighted by molar-refractivity contribution is -0.137. The molecule has 33 heavy (non-hydrogen) atoms. The quantitative estimate of drug-likeness (QED) is 0.497. The van der Waals surface area contributed by atoms with Gasteiger partial charge in [0, 0.05) is 37.4 Å². The Morgan fingerprint density at radius 2 is 1.94 bits per heavy atom. The second-order valence-electron chi connectivity index (χ2n) is 8.12. The molecule has 9 nitrogen and oxygen atoms in total. The smallest absolute Gasteiger partial charge is 0.265 e. The van der Waals surface area contributed by atoms with E-state index < -0.39 is 0 Å². The summed E-state index contributed by atoms with van der Waals surface area (Å²) >= 11 is 2.60. The first-order valence-electron chi connectivity index (χ1n) is 10.8. The SMILES string of the molecule is COc1cccc(-n2c(C)nnc2SCC(=O)N2CC3CCC2CN3C(=O)c2ccns2)c1. The lowest BCUT2D eigenvalue weighted by Gasteiger charge is -2.51. The van der Waals surface area contributed by atoms with Gasteiger partial charge in [-0.3, -0.25) is 14.2 Å². The van der Waals surface area contributed by atoms with Crippen LogP contribution >= 0.6 is 23.3 Å². The van der Waals surface area contributed by atoms with Gasteiger partial charge in [0.2, 0.25) is 5.91 Å². The van der Waals surface area contributed by atoms with Crippen LogP contribution < -0.4 is 4.74 Å². The van der Waals surface area contributed by atoms with Crippen molar-refractivity contribution in [1.29, 1.82) is 0 Å². The van der Waals surface area contributed by atoms with Crippen LogP contribution in [-0.4, -0.2) is 78.8 Å². The predicted molar refractivity (Wildman–Crippen MR) is 125 cm³/mol. The van der Waals surface area contributed by atoms with Crippen LogP contribution in [0.15, 0.2) is 41.7 Å². The Labute approximate surface area is 199 Å². The van der Waals surface area contributed by atoms with E-state index in [4.69, 9.17) is 4.74 Å². The summed E-state index contributed by atoms with van der Waals surface area (Å²) in [5, 5.41) is 9.16. The van der Waals surface area contributed by atoms with Crippen LogP contribution in [-0.2, 0) is 4.79 Å². The maximum absolute atomic E-state index is 13.1. The largest absolute Gasteiger partial charge is 0.497 e. The van der Waals surface area contributed by atoms with Crippen LogP contribution in [0.25, 0.3) is 5.69 Å². The standard InChI is InChI=1S/C22H24N6O3S2/c1-14-24-25-22(28(14)15-4-3-5-18(10-15)31-2)32-13-20(29)26-11-17-7-6-16(26)12-27(17)21(30)19-8-9-23-33-19/h3-5,8-10,16-17H,6-7,11-13H2,1-2H3. The Balaban J connectivity index is 1.25. The molecule has 3 aliphatic rings. The van der Waals surface area contributed by atoms with Gasteiger partial charge in [-0.1, -0.05) is 17.8 Å². The second kappa shape index (κ2) is 9.14. The van der Waals surface area contributed by atoms with Crippen molar-refractivity contribution in [3.8, 4) is 11.4 Å². The van der Waals surface area contributed by atoms with E-state index in [1.165, 1.54) is 23.3 Å². The zero-order chi connectivity index (χ0) is 22.9. The number of piperidine rings is 2. The maximum Gasteiger partial charge on any atom is 0.265 e. The Kier molecular flexibility index (Phi) is 6.07. The number of hydrogen-bond donors (Lipinski definition) is 0. The maximum atomic E-state index is 13.1. The fourth-order valence-electron chi connectivity index (χ4n) is 4.54. The lowest BCUT2D eigenvalue weighted by Crippen LogP contribution is -2.65. The zero-order valence-corrected chi connectivity index (χ0v) is 20.0. The molecule has 2 bridgehead atoms. The molecule has 0 N–H and O–H groups in total. The Hall–Kier alpha value is -2.92. The average Bonchev–Trinajstić information content (AvgIpc) is 3.52. The van der Waals surface area contributed by atoms with E-state index in [1.54, 1.807) is 19.4 Å². The fourth-order valence-corrected chi connectivity index (χ4v) is 5.98. The number of aromatic nitrogens is 4. The molecule has 3 saturated heterocycles. The van der Waals surface area contributed by atoms with E-state index in [9.17, 15) is 9.59 Å². The molecule has 3 aromatic rings. The number of fused-ring (bicyclic) bond motifs is 3. The van der Waals surface area contributed by atoms with Gasteiger partial charge in [0.05, 0.1) is 18.6 Å². The molecule has 2 unspecified atom stereocenters. The summed E-state index contributed by atoms with van der Waals surface area (Å²) in [5.74, 6) is 1.85. The van der Waals surface area contributed by atoms with Crippen molar-refractivity contribution in [2.24, 2.45) is 0 Å². The molecule has 2 aromatic heterocycles. The van der Waals surface area contributed by atoms with Crippen LogP contribution in [0.2, 0.25) is 0 Å². The number of carbonyl (C=O) groups is 2. The lowest BCUT2D eigenvalue weighted by atomic mass is 9.90. The van der Waals surface area contributed by atoms with Crippen LogP contribution in [0.3, 0.4) is 0 Å². The minimum absolute atomic E-state index is 0.0236. The Bertz CT molecular complexity index is 1160. The first-order chi connectivity index (χ1) is 16.0. The topological polar surface area (TPSA) is 93.5 Å². The number of benzene rings is 1. The molecule has 6 rings (SSSR count). The van der Waals surface area contributed by atoms with Crippen molar-refractivity contribution in [3.05, 3.63) is 47.2 Å². The van der Waals surface area contributed by atoms with E-state index in [-0.39, 0.29) is 29.7 Å². The van der Waals surface area contributed by atoms with Gasteiger partial charge in [0.25, 0.3) is 5.91 Å². The molecule has 5 heterocycles. The molecule has 0 saturated carbocycles. The van der Waals surface area contributed by atoms with Crippen LogP contribution in [0, 0.1) is 6.92 Å². The van der Waals surface area contributed by atoms with Crippen molar-refractivity contribution < 1.29 is 14.3 Å². The molecule has 1 aromatic carbocycles. The minimum Gasteiger partial charge on any atom is -0.497 e. The van der Waals surface area contributed by atoms with Crippen molar-refractivity contribution >= 4 is 35.1 Å². The van der Waals surface area contributed by atoms with E-state index in [0.717, 1.165) is 30.1 Å². The van der Waals surface area contributed by atoms with Crippen molar-refractivity contribution in [2.75, 3.05) is 26.0 Å². The molecular formula is C22H24N6O3S2. The summed E-state index contributed by atoms with van der Waals surface area (Å²) < 4.78 is 11.3. The van der Waals surface area contributed by atoms with Gasteiger partial charge in [-0.2, -0.15) is 0 Å². The number of rotatable bonds is 6. The highest BCUT2D eigenvalue weighted by Crippen LogP contribution is 2.32. The van der Waals surface area contributed by atoms with Crippen molar-refractivity contribution in [3.63, 3.8) is 0 Å². The highest BCUT2D eigenvalue weighted by molar-refractivity contribution is 7.99. The number of amides is 2. The number of hydrogen-bond acceptors (Lipinski definition) is 8. The van der Waals surface area contributed by atoms with Gasteiger partial charge in [-0.15, -0.1) is 10.2 Å². The fraction of sp³-hybridized carbons (Fsp3) is 0.409. The van der Waals surface area contributed by atoms with Gasteiger partial charge in [0.1, 0.15) is 16.5 Å².